The fourth-order valence-electron chi connectivity index (χ4n) is 3.47. The zero-order chi connectivity index (χ0) is 28.4. The van der Waals surface area contributed by atoms with E-state index in [2.05, 4.69) is 23.4 Å². The molecule has 8 unspecified atom stereocenters. The third-order valence-corrected chi connectivity index (χ3v) is 7.90. The number of hydrogen-bond acceptors (Lipinski definition) is 15. The van der Waals surface area contributed by atoms with Gasteiger partial charge >= 0.3 is 21.3 Å². The van der Waals surface area contributed by atoms with E-state index in [4.69, 9.17) is 15.0 Å². The monoisotopic (exact) mass is 591 g/mol. The normalized spacial score (nSPS) is 36.7. The molecule has 2 aliphatic rings. The van der Waals surface area contributed by atoms with E-state index in [-0.39, 0.29) is 0 Å². The third-order valence-electron chi connectivity index (χ3n) is 5.30. The lowest BCUT2D eigenvalue weighted by Gasteiger charge is -2.39. The van der Waals surface area contributed by atoms with Gasteiger partial charge in [0.2, 0.25) is 0 Å². The van der Waals surface area contributed by atoms with Crippen LogP contribution in [0, 0.1) is 0 Å². The van der Waals surface area contributed by atoms with Crippen molar-refractivity contribution in [2.45, 2.75) is 55.2 Å². The second-order valence-electron chi connectivity index (χ2n) is 7.91. The first-order valence-corrected chi connectivity index (χ1v) is 13.4. The molecule has 214 valence electrons. The highest BCUT2D eigenvalue weighted by atomic mass is 31.3. The Morgan fingerprint density at radius 1 is 1.00 bits per heavy atom. The average molecular weight is 591 g/mol. The number of H-pyrrole nitrogens is 1. The number of aromatic nitrogens is 2. The predicted octanol–water partition coefficient (Wildman–Crippen LogP) is -3.48. The standard InChI is InChI=1S/C15H23N5O16P2/c16-19-17-3-5-8(22)10(24)12(26)14(34-5)35-38(30,31)36-37(28,29)32-4-6-9(23)11(25)13(33-6)20-2-1-7(21)18-15(20)27/h1-2,5-6,8-14,22-26H,3-4H2,(H,28,29)(H,30,31)(H,18,21,27)/t5?,6-,8?,9?,10?,11+,12?,13-,14?/m0/s1. The van der Waals surface area contributed by atoms with Gasteiger partial charge in [-0.3, -0.25) is 23.4 Å². The van der Waals surface area contributed by atoms with Crippen molar-refractivity contribution in [2.24, 2.45) is 5.11 Å². The predicted molar refractivity (Wildman–Crippen MR) is 116 cm³/mol. The van der Waals surface area contributed by atoms with E-state index in [1.165, 1.54) is 0 Å². The molecule has 11 atom stereocenters. The summed E-state index contributed by atoms with van der Waals surface area (Å²) in [6.07, 6.45) is -15.5. The van der Waals surface area contributed by atoms with Crippen molar-refractivity contribution in [1.29, 1.82) is 0 Å². The summed E-state index contributed by atoms with van der Waals surface area (Å²) in [5, 5.41) is 53.1. The summed E-state index contributed by atoms with van der Waals surface area (Å²) < 4.78 is 48.5. The van der Waals surface area contributed by atoms with Gasteiger partial charge in [-0.25, -0.2) is 13.9 Å². The van der Waals surface area contributed by atoms with Gasteiger partial charge in [0.25, 0.3) is 5.56 Å². The highest BCUT2D eigenvalue weighted by Gasteiger charge is 2.49. The van der Waals surface area contributed by atoms with Crippen LogP contribution in [0.1, 0.15) is 6.23 Å². The molecule has 0 aliphatic carbocycles. The second-order valence-corrected chi connectivity index (χ2v) is 10.9. The Morgan fingerprint density at radius 2 is 1.66 bits per heavy atom. The summed E-state index contributed by atoms with van der Waals surface area (Å²) in [5.74, 6) is 0. The molecular weight excluding hydrogens is 568 g/mol. The zero-order valence-electron chi connectivity index (χ0n) is 18.8. The molecule has 0 radical (unpaired) electrons. The van der Waals surface area contributed by atoms with E-state index in [0.717, 1.165) is 16.8 Å². The minimum Gasteiger partial charge on any atom is -0.388 e. The SMILES string of the molecule is [N-]=[N+]=NCC1OC(OP(=O)(O)OP(=O)(O)OC[C@@H]2O[C@H](n3ccc(=O)[nH]c3=O)[C@H](O)C2O)C(O)C(O)C1O. The summed E-state index contributed by atoms with van der Waals surface area (Å²) >= 11 is 0. The average Bonchev–Trinajstić information content (AvgIpc) is 3.10. The van der Waals surface area contributed by atoms with E-state index in [1.54, 1.807) is 0 Å². The summed E-state index contributed by atoms with van der Waals surface area (Å²) in [7, 11) is -11.1. The van der Waals surface area contributed by atoms with Gasteiger partial charge in [0.05, 0.1) is 19.3 Å². The Kier molecular flexibility index (Phi) is 9.64. The molecule has 0 spiro atoms. The fraction of sp³-hybridized carbons (Fsp3) is 0.733. The molecule has 21 nitrogen and oxygen atoms in total. The van der Waals surface area contributed by atoms with Gasteiger partial charge in [0, 0.05) is 17.2 Å². The number of aliphatic hydroxyl groups is 5. The van der Waals surface area contributed by atoms with E-state index in [1.807, 2.05) is 4.98 Å². The van der Waals surface area contributed by atoms with Gasteiger partial charge in [0.15, 0.2) is 12.5 Å². The lowest BCUT2D eigenvalue weighted by Crippen LogP contribution is -2.58. The van der Waals surface area contributed by atoms with E-state index >= 15 is 0 Å². The number of nitrogens with one attached hydrogen (secondary N) is 1. The minimum atomic E-state index is -5.63. The molecule has 2 aliphatic heterocycles. The Bertz CT molecular complexity index is 1250. The second kappa shape index (κ2) is 12.0. The van der Waals surface area contributed by atoms with Crippen LogP contribution < -0.4 is 11.2 Å². The van der Waals surface area contributed by atoms with Crippen molar-refractivity contribution in [3.05, 3.63) is 43.5 Å². The van der Waals surface area contributed by atoms with E-state index in [9.17, 15) is 54.0 Å². The Balaban J connectivity index is 1.62. The summed E-state index contributed by atoms with van der Waals surface area (Å²) in [4.78, 5) is 47.1. The molecule has 23 heteroatoms. The van der Waals surface area contributed by atoms with Gasteiger partial charge in [0.1, 0.15) is 36.6 Å². The van der Waals surface area contributed by atoms with Gasteiger partial charge in [-0.15, -0.1) is 0 Å². The van der Waals surface area contributed by atoms with Crippen LogP contribution in [0.25, 0.3) is 10.4 Å². The maximum absolute atomic E-state index is 12.3. The first kappa shape index (κ1) is 30.5. The molecule has 8 N–H and O–H groups in total. The van der Waals surface area contributed by atoms with Crippen molar-refractivity contribution < 1.29 is 67.3 Å². The number of aromatic amines is 1. The van der Waals surface area contributed by atoms with Crippen molar-refractivity contribution >= 4 is 15.6 Å². The highest BCUT2D eigenvalue weighted by molar-refractivity contribution is 7.61. The maximum Gasteiger partial charge on any atom is 0.483 e. The first-order chi connectivity index (χ1) is 17.7. The van der Waals surface area contributed by atoms with Gasteiger partial charge in [-0.05, 0) is 5.53 Å². The Hall–Kier alpha value is -2.03. The fourth-order valence-corrected chi connectivity index (χ4v) is 5.63. The smallest absolute Gasteiger partial charge is 0.388 e. The van der Waals surface area contributed by atoms with Crippen LogP contribution in [0.2, 0.25) is 0 Å². The first-order valence-electron chi connectivity index (χ1n) is 10.4. The number of phosphoric ester groups is 2. The molecule has 38 heavy (non-hydrogen) atoms. The Labute approximate surface area is 210 Å². The molecule has 0 saturated carbocycles. The quantitative estimate of drug-likeness (QED) is 0.0567. The number of aliphatic hydroxyl groups excluding tert-OH is 5. The summed E-state index contributed by atoms with van der Waals surface area (Å²) in [6.45, 7) is -1.64. The van der Waals surface area contributed by atoms with Gasteiger partial charge in [-0.1, -0.05) is 5.11 Å². The van der Waals surface area contributed by atoms with Crippen LogP contribution in [-0.4, -0.2) is 107 Å². The van der Waals surface area contributed by atoms with Crippen LogP contribution in [0.15, 0.2) is 27.0 Å². The molecule has 1 aromatic rings. The van der Waals surface area contributed by atoms with E-state index < -0.39 is 95.3 Å². The van der Waals surface area contributed by atoms with Crippen LogP contribution >= 0.6 is 15.6 Å². The van der Waals surface area contributed by atoms with Crippen LogP contribution in [0.5, 0.6) is 0 Å². The lowest BCUT2D eigenvalue weighted by atomic mass is 9.99. The Morgan fingerprint density at radius 3 is 2.29 bits per heavy atom. The maximum atomic E-state index is 12.3. The van der Waals surface area contributed by atoms with Crippen molar-refractivity contribution in [1.82, 2.24) is 9.55 Å². The number of phosphoric acid groups is 2. The third kappa shape index (κ3) is 7.13. The molecule has 2 saturated heterocycles. The summed E-state index contributed by atoms with van der Waals surface area (Å²) in [5.41, 5.74) is 6.61. The van der Waals surface area contributed by atoms with Crippen LogP contribution in [-0.2, 0) is 32.0 Å². The number of ether oxygens (including phenoxy) is 2. The topological polar surface area (TPSA) is 326 Å². The van der Waals surface area contributed by atoms with Crippen molar-refractivity contribution in [3.63, 3.8) is 0 Å². The van der Waals surface area contributed by atoms with Crippen LogP contribution in [0.4, 0.5) is 0 Å². The van der Waals surface area contributed by atoms with Crippen LogP contribution in [0.3, 0.4) is 0 Å². The van der Waals surface area contributed by atoms with Crippen molar-refractivity contribution in [2.75, 3.05) is 13.2 Å². The largest absolute Gasteiger partial charge is 0.483 e. The molecule has 3 rings (SSSR count). The molecule has 2 fully saturated rings. The lowest BCUT2D eigenvalue weighted by molar-refractivity contribution is -0.272. The molecule has 0 amide bonds. The molecule has 3 heterocycles. The van der Waals surface area contributed by atoms with Crippen molar-refractivity contribution in [3.8, 4) is 0 Å². The number of azide groups is 1. The van der Waals surface area contributed by atoms with Gasteiger partial charge in [-0.2, -0.15) is 4.31 Å². The van der Waals surface area contributed by atoms with E-state index in [0.29, 0.717) is 0 Å². The number of hydrogen-bond donors (Lipinski definition) is 8. The number of rotatable bonds is 10. The molecular formula is C15H23N5O16P2. The zero-order valence-corrected chi connectivity index (χ0v) is 20.5. The van der Waals surface area contributed by atoms with Gasteiger partial charge < -0.3 is 44.8 Å². The number of nitrogens with zero attached hydrogens (tertiary/aromatic N) is 4. The highest BCUT2D eigenvalue weighted by Crippen LogP contribution is 2.61. The summed E-state index contributed by atoms with van der Waals surface area (Å²) in [6, 6.07) is 0.924. The molecule has 0 bridgehead atoms. The molecule has 0 aromatic carbocycles. The molecule has 1 aromatic heterocycles. The minimum absolute atomic E-state index is 0.596.